The van der Waals surface area contributed by atoms with E-state index in [2.05, 4.69) is 17.6 Å². The van der Waals surface area contributed by atoms with Crippen molar-refractivity contribution in [3.05, 3.63) is 0 Å². The molecule has 0 aromatic rings. The lowest BCUT2D eigenvalue weighted by Gasteiger charge is -2.24. The predicted octanol–water partition coefficient (Wildman–Crippen LogP) is 5.07. The predicted molar refractivity (Wildman–Crippen MR) is 155 cm³/mol. The van der Waals surface area contributed by atoms with Crippen molar-refractivity contribution < 1.29 is 29.7 Å². The molecule has 10 nitrogen and oxygen atoms in total. The average Bonchev–Trinajstić information content (AvgIpc) is 2.85. The highest BCUT2D eigenvalue weighted by Crippen LogP contribution is 2.19. The molecule has 0 radical (unpaired) electrons. The molecule has 0 saturated carbocycles. The first-order chi connectivity index (χ1) is 18.6. The fourth-order valence-electron chi connectivity index (χ4n) is 4.80. The van der Waals surface area contributed by atoms with Gasteiger partial charge >= 0.3 is 11.9 Å². The van der Waals surface area contributed by atoms with Crippen LogP contribution in [0.5, 0.6) is 0 Å². The number of carboxylic acid groups (broad SMARTS) is 2. The van der Waals surface area contributed by atoms with Crippen molar-refractivity contribution in [2.45, 2.75) is 153 Å². The minimum atomic E-state index is -2.63. The third-order valence-electron chi connectivity index (χ3n) is 7.11. The van der Waals surface area contributed by atoms with Gasteiger partial charge < -0.3 is 31.7 Å². The summed E-state index contributed by atoms with van der Waals surface area (Å²) in [6.07, 6.45) is 19.6. The number of carboxylic acids is 2. The lowest BCUT2D eigenvalue weighted by Crippen LogP contribution is -2.47. The zero-order valence-electron chi connectivity index (χ0n) is 24.3. The Labute approximate surface area is 235 Å². The van der Waals surface area contributed by atoms with Crippen LogP contribution in [0.1, 0.15) is 142 Å². The van der Waals surface area contributed by atoms with Crippen LogP contribution in [0.2, 0.25) is 0 Å². The third-order valence-corrected chi connectivity index (χ3v) is 7.11. The van der Waals surface area contributed by atoms with Crippen LogP contribution in [-0.2, 0) is 14.4 Å². The van der Waals surface area contributed by atoms with E-state index in [4.69, 9.17) is 16.2 Å². The Morgan fingerprint density at radius 3 is 1.59 bits per heavy atom. The van der Waals surface area contributed by atoms with Crippen LogP contribution in [0.3, 0.4) is 0 Å². The summed E-state index contributed by atoms with van der Waals surface area (Å²) in [5, 5.41) is 41.2. The molecule has 0 spiro atoms. The van der Waals surface area contributed by atoms with Crippen LogP contribution in [0, 0.1) is 5.41 Å². The molecule has 8 N–H and O–H groups in total. The summed E-state index contributed by atoms with van der Waals surface area (Å²) in [4.78, 5) is 34.9. The Balaban J connectivity index is 4.42. The molecule has 0 aromatic carbocycles. The van der Waals surface area contributed by atoms with Gasteiger partial charge in [-0.1, -0.05) is 110 Å². The highest BCUT2D eigenvalue weighted by Gasteiger charge is 2.41. The zero-order valence-corrected chi connectivity index (χ0v) is 24.3. The maximum Gasteiger partial charge on any atom is 0.336 e. The van der Waals surface area contributed by atoms with E-state index in [9.17, 15) is 24.6 Å². The largest absolute Gasteiger partial charge is 0.481 e. The number of aliphatic hydroxyl groups is 1. The molecule has 0 aliphatic rings. The van der Waals surface area contributed by atoms with Gasteiger partial charge in [0.2, 0.25) is 5.91 Å². The number of hydrogen-bond donors (Lipinski definition) is 7. The quantitative estimate of drug-likeness (QED) is 0.0415. The van der Waals surface area contributed by atoms with Gasteiger partial charge in [0.25, 0.3) is 0 Å². The second kappa shape index (κ2) is 23.5. The molecule has 0 aliphatic carbocycles. The number of amides is 1. The number of carbonyl (C=O) groups is 3. The number of aliphatic carboxylic acids is 2. The van der Waals surface area contributed by atoms with Crippen molar-refractivity contribution in [2.75, 3.05) is 6.54 Å². The molecule has 2 unspecified atom stereocenters. The summed E-state index contributed by atoms with van der Waals surface area (Å²) in [6, 6.07) is -0.150. The van der Waals surface area contributed by atoms with E-state index in [1.54, 1.807) is 0 Å². The van der Waals surface area contributed by atoms with Gasteiger partial charge in [-0.3, -0.25) is 15.0 Å². The lowest BCUT2D eigenvalue weighted by atomic mass is 9.94. The van der Waals surface area contributed by atoms with Crippen LogP contribution < -0.4 is 16.4 Å². The van der Waals surface area contributed by atoms with E-state index >= 15 is 0 Å². The van der Waals surface area contributed by atoms with Gasteiger partial charge in [-0.15, -0.1) is 0 Å². The number of carbonyl (C=O) groups excluding carboxylic acids is 1. The highest BCUT2D eigenvalue weighted by molar-refractivity contribution is 5.90. The van der Waals surface area contributed by atoms with E-state index in [-0.39, 0.29) is 12.0 Å². The first kappa shape index (κ1) is 36.6. The third kappa shape index (κ3) is 22.2. The van der Waals surface area contributed by atoms with E-state index in [1.165, 1.54) is 64.2 Å². The van der Waals surface area contributed by atoms with Crippen molar-refractivity contribution >= 4 is 23.8 Å². The minimum absolute atomic E-state index is 0.0419. The summed E-state index contributed by atoms with van der Waals surface area (Å²) >= 11 is 0. The van der Waals surface area contributed by atoms with Crippen molar-refractivity contribution in [3.63, 3.8) is 0 Å². The van der Waals surface area contributed by atoms with Gasteiger partial charge in [0.15, 0.2) is 11.6 Å². The summed E-state index contributed by atoms with van der Waals surface area (Å²) in [6.45, 7) is 2.88. The SMILES string of the molecule is CCCCCCCCCCCCCCCC(CCCCCCNC(=N)N)NC(=O)CC(O)(CC(=O)O)C(=O)O. The van der Waals surface area contributed by atoms with E-state index < -0.39 is 36.3 Å². The first-order valence-corrected chi connectivity index (χ1v) is 15.2. The average molecular weight is 557 g/mol. The second-order valence-corrected chi connectivity index (χ2v) is 10.9. The Morgan fingerprint density at radius 1 is 0.744 bits per heavy atom. The van der Waals surface area contributed by atoms with Gasteiger partial charge in [0.1, 0.15) is 0 Å². The van der Waals surface area contributed by atoms with Crippen LogP contribution in [0.4, 0.5) is 0 Å². The number of nitrogens with one attached hydrogen (secondary N) is 3. The molecule has 0 aliphatic heterocycles. The van der Waals surface area contributed by atoms with Crippen LogP contribution in [0.25, 0.3) is 0 Å². The molecule has 0 bridgehead atoms. The zero-order chi connectivity index (χ0) is 29.4. The number of hydrogen-bond acceptors (Lipinski definition) is 5. The van der Waals surface area contributed by atoms with E-state index in [0.717, 1.165) is 57.8 Å². The minimum Gasteiger partial charge on any atom is -0.481 e. The van der Waals surface area contributed by atoms with Crippen molar-refractivity contribution in [1.82, 2.24) is 10.6 Å². The van der Waals surface area contributed by atoms with Crippen molar-refractivity contribution in [2.24, 2.45) is 5.73 Å². The molecule has 10 heteroatoms. The Morgan fingerprint density at radius 2 is 1.18 bits per heavy atom. The molecule has 0 aromatic heterocycles. The molecule has 0 rings (SSSR count). The van der Waals surface area contributed by atoms with Gasteiger partial charge in [0, 0.05) is 12.6 Å². The summed E-state index contributed by atoms with van der Waals surface area (Å²) < 4.78 is 0. The molecule has 0 heterocycles. The molecule has 0 saturated heterocycles. The van der Waals surface area contributed by atoms with Crippen molar-refractivity contribution in [3.8, 4) is 0 Å². The standard InChI is InChI=1S/C29H56N4O6/c1-2-3-4-5-6-7-8-9-10-11-12-13-16-19-24(20-17-14-15-18-21-32-28(30)31)33-25(34)22-29(39,27(37)38)23-26(35)36/h24,39H,2-23H2,1H3,(H,33,34)(H,35,36)(H,37,38)(H4,30,31,32). The van der Waals surface area contributed by atoms with Crippen LogP contribution >= 0.6 is 0 Å². The Bertz CT molecular complexity index is 691. The summed E-state index contributed by atoms with van der Waals surface area (Å²) in [5.41, 5.74) is 2.65. The number of rotatable bonds is 27. The van der Waals surface area contributed by atoms with Gasteiger partial charge in [0.05, 0.1) is 12.8 Å². The van der Waals surface area contributed by atoms with E-state index in [0.29, 0.717) is 6.54 Å². The Hall–Kier alpha value is -2.36. The highest BCUT2D eigenvalue weighted by atomic mass is 16.4. The molecule has 1 amide bonds. The number of guanidine groups is 1. The fourth-order valence-corrected chi connectivity index (χ4v) is 4.80. The fraction of sp³-hybridized carbons (Fsp3) is 0.862. The molecule has 39 heavy (non-hydrogen) atoms. The van der Waals surface area contributed by atoms with Gasteiger partial charge in [-0.05, 0) is 19.3 Å². The topological polar surface area (TPSA) is 186 Å². The maximum atomic E-state index is 12.6. The summed E-state index contributed by atoms with van der Waals surface area (Å²) in [7, 11) is 0. The maximum absolute atomic E-state index is 12.6. The molecular weight excluding hydrogens is 500 g/mol. The summed E-state index contributed by atoms with van der Waals surface area (Å²) in [5.74, 6) is -3.88. The second-order valence-electron chi connectivity index (χ2n) is 10.9. The van der Waals surface area contributed by atoms with Gasteiger partial charge in [-0.2, -0.15) is 0 Å². The van der Waals surface area contributed by atoms with Crippen molar-refractivity contribution in [1.29, 1.82) is 5.41 Å². The molecule has 228 valence electrons. The normalized spacial score (nSPS) is 13.4. The number of nitrogens with two attached hydrogens (primary N) is 1. The monoisotopic (exact) mass is 556 g/mol. The molecule has 2 atom stereocenters. The Kier molecular flexibility index (Phi) is 22.1. The molecular formula is C29H56N4O6. The molecule has 0 fully saturated rings. The number of unbranched alkanes of at least 4 members (excludes halogenated alkanes) is 15. The lowest BCUT2D eigenvalue weighted by molar-refractivity contribution is -0.167. The van der Waals surface area contributed by atoms with E-state index in [1.807, 2.05) is 0 Å². The van der Waals surface area contributed by atoms with Gasteiger partial charge in [-0.25, -0.2) is 4.79 Å². The van der Waals surface area contributed by atoms with Crippen LogP contribution in [0.15, 0.2) is 0 Å². The first-order valence-electron chi connectivity index (χ1n) is 15.2. The smallest absolute Gasteiger partial charge is 0.336 e. The van der Waals surface area contributed by atoms with Crippen LogP contribution in [-0.4, -0.2) is 57.3 Å².